The molecule has 0 aromatic heterocycles. The van der Waals surface area contributed by atoms with Crippen LogP contribution in [0, 0.1) is 16.0 Å². The number of anilines is 1. The van der Waals surface area contributed by atoms with Crippen LogP contribution in [0.3, 0.4) is 0 Å². The number of benzene rings is 1. The standard InChI is InChI=1S/C15H22N4O2/c16-15-13(2-1-3-14(15)19(20)21)11-18-8-6-17(7-9-18)10-12-4-5-12/h1-3,12H,4-11,16H2. The number of hydrogen-bond acceptors (Lipinski definition) is 5. The van der Waals surface area contributed by atoms with Crippen molar-refractivity contribution in [1.29, 1.82) is 0 Å². The molecular formula is C15H22N4O2. The number of piperazine rings is 1. The van der Waals surface area contributed by atoms with Crippen LogP contribution in [0.2, 0.25) is 0 Å². The van der Waals surface area contributed by atoms with E-state index in [2.05, 4.69) is 9.80 Å². The molecule has 1 heterocycles. The predicted molar refractivity (Wildman–Crippen MR) is 81.9 cm³/mol. The molecule has 1 saturated heterocycles. The van der Waals surface area contributed by atoms with E-state index in [0.29, 0.717) is 12.2 Å². The van der Waals surface area contributed by atoms with Crippen LogP contribution in [0.4, 0.5) is 11.4 Å². The fraction of sp³-hybridized carbons (Fsp3) is 0.600. The van der Waals surface area contributed by atoms with E-state index in [1.807, 2.05) is 6.07 Å². The predicted octanol–water partition coefficient (Wildman–Crippen LogP) is 1.70. The van der Waals surface area contributed by atoms with Gasteiger partial charge >= 0.3 is 0 Å². The Balaban J connectivity index is 1.57. The van der Waals surface area contributed by atoms with Gasteiger partial charge in [0.25, 0.3) is 5.69 Å². The van der Waals surface area contributed by atoms with E-state index in [1.54, 1.807) is 6.07 Å². The molecule has 1 aromatic carbocycles. The monoisotopic (exact) mass is 290 g/mol. The average molecular weight is 290 g/mol. The molecule has 1 aliphatic carbocycles. The summed E-state index contributed by atoms with van der Waals surface area (Å²) in [7, 11) is 0. The third-order valence-electron chi connectivity index (χ3n) is 4.44. The van der Waals surface area contributed by atoms with Crippen molar-refractivity contribution in [2.45, 2.75) is 19.4 Å². The molecule has 3 rings (SSSR count). The molecule has 1 aliphatic heterocycles. The van der Waals surface area contributed by atoms with E-state index < -0.39 is 4.92 Å². The summed E-state index contributed by atoms with van der Waals surface area (Å²) < 4.78 is 0. The van der Waals surface area contributed by atoms with Gasteiger partial charge in [-0.15, -0.1) is 0 Å². The summed E-state index contributed by atoms with van der Waals surface area (Å²) in [5, 5.41) is 10.9. The highest BCUT2D eigenvalue weighted by atomic mass is 16.6. The molecule has 6 nitrogen and oxygen atoms in total. The quantitative estimate of drug-likeness (QED) is 0.507. The van der Waals surface area contributed by atoms with Gasteiger partial charge in [0.2, 0.25) is 0 Å². The fourth-order valence-electron chi connectivity index (χ4n) is 2.93. The Morgan fingerprint density at radius 1 is 1.19 bits per heavy atom. The molecule has 0 unspecified atom stereocenters. The highest BCUT2D eigenvalue weighted by Crippen LogP contribution is 2.30. The number of nitrogens with zero attached hydrogens (tertiary/aromatic N) is 3. The van der Waals surface area contributed by atoms with Crippen molar-refractivity contribution in [3.63, 3.8) is 0 Å². The van der Waals surface area contributed by atoms with Crippen LogP contribution in [-0.4, -0.2) is 47.4 Å². The summed E-state index contributed by atoms with van der Waals surface area (Å²) in [6.45, 7) is 6.14. The van der Waals surface area contributed by atoms with Gasteiger partial charge in [-0.1, -0.05) is 12.1 Å². The molecule has 0 radical (unpaired) electrons. The minimum atomic E-state index is -0.410. The van der Waals surface area contributed by atoms with Crippen molar-refractivity contribution < 1.29 is 4.92 Å². The molecule has 0 bridgehead atoms. The van der Waals surface area contributed by atoms with Gasteiger partial charge in [-0.3, -0.25) is 15.0 Å². The molecule has 1 aromatic rings. The van der Waals surface area contributed by atoms with Gasteiger partial charge in [0.1, 0.15) is 5.69 Å². The number of hydrogen-bond donors (Lipinski definition) is 1. The normalized spacial score (nSPS) is 20.6. The number of nitrogen functional groups attached to an aromatic ring is 1. The second-order valence-corrected chi connectivity index (χ2v) is 6.13. The van der Waals surface area contributed by atoms with Crippen molar-refractivity contribution in [3.8, 4) is 0 Å². The first kappa shape index (κ1) is 14.3. The first-order valence-electron chi connectivity index (χ1n) is 7.60. The van der Waals surface area contributed by atoms with E-state index in [1.165, 1.54) is 25.5 Å². The summed E-state index contributed by atoms with van der Waals surface area (Å²) in [4.78, 5) is 15.4. The molecule has 21 heavy (non-hydrogen) atoms. The van der Waals surface area contributed by atoms with E-state index in [-0.39, 0.29) is 5.69 Å². The summed E-state index contributed by atoms with van der Waals surface area (Å²) in [6, 6.07) is 5.07. The number of nitrogens with two attached hydrogens (primary N) is 1. The van der Waals surface area contributed by atoms with Crippen LogP contribution >= 0.6 is 0 Å². The van der Waals surface area contributed by atoms with E-state index in [4.69, 9.17) is 5.73 Å². The Hall–Kier alpha value is -1.66. The zero-order valence-corrected chi connectivity index (χ0v) is 12.2. The van der Waals surface area contributed by atoms with E-state index >= 15 is 0 Å². The molecule has 2 fully saturated rings. The smallest absolute Gasteiger partial charge is 0.292 e. The van der Waals surface area contributed by atoms with Crippen LogP contribution in [-0.2, 0) is 6.54 Å². The number of para-hydroxylation sites is 1. The molecule has 6 heteroatoms. The van der Waals surface area contributed by atoms with E-state index in [9.17, 15) is 10.1 Å². The Morgan fingerprint density at radius 2 is 1.86 bits per heavy atom. The van der Waals surface area contributed by atoms with Gasteiger partial charge in [0.05, 0.1) is 4.92 Å². The van der Waals surface area contributed by atoms with Crippen molar-refractivity contribution in [1.82, 2.24) is 9.80 Å². The first-order valence-corrected chi connectivity index (χ1v) is 7.60. The highest BCUT2D eigenvalue weighted by Gasteiger charge is 2.26. The molecular weight excluding hydrogens is 268 g/mol. The Kier molecular flexibility index (Phi) is 4.07. The fourth-order valence-corrected chi connectivity index (χ4v) is 2.93. The SMILES string of the molecule is Nc1c(CN2CCN(CC3CC3)CC2)cccc1[N+](=O)[O-]. The van der Waals surface area contributed by atoms with Crippen LogP contribution < -0.4 is 5.73 Å². The lowest BCUT2D eigenvalue weighted by Gasteiger charge is -2.34. The van der Waals surface area contributed by atoms with Gasteiger partial charge in [0.15, 0.2) is 0 Å². The van der Waals surface area contributed by atoms with Crippen LogP contribution in [0.25, 0.3) is 0 Å². The van der Waals surface area contributed by atoms with Gasteiger partial charge in [-0.05, 0) is 24.3 Å². The minimum absolute atomic E-state index is 0.0138. The molecule has 0 atom stereocenters. The summed E-state index contributed by atoms with van der Waals surface area (Å²) in [5.74, 6) is 0.934. The largest absolute Gasteiger partial charge is 0.393 e. The Morgan fingerprint density at radius 3 is 2.48 bits per heavy atom. The number of nitro benzene ring substituents is 1. The summed E-state index contributed by atoms with van der Waals surface area (Å²) in [6.07, 6.45) is 2.79. The van der Waals surface area contributed by atoms with E-state index in [0.717, 1.165) is 37.7 Å². The third kappa shape index (κ3) is 3.51. The lowest BCUT2D eigenvalue weighted by molar-refractivity contribution is -0.384. The van der Waals surface area contributed by atoms with Crippen LogP contribution in [0.5, 0.6) is 0 Å². The molecule has 0 amide bonds. The zero-order chi connectivity index (χ0) is 14.8. The zero-order valence-electron chi connectivity index (χ0n) is 12.2. The number of nitro groups is 1. The summed E-state index contributed by atoms with van der Waals surface area (Å²) in [5.41, 5.74) is 7.11. The maximum atomic E-state index is 10.9. The lowest BCUT2D eigenvalue weighted by Crippen LogP contribution is -2.46. The van der Waals surface area contributed by atoms with Gasteiger partial charge in [-0.25, -0.2) is 0 Å². The summed E-state index contributed by atoms with van der Waals surface area (Å²) >= 11 is 0. The second kappa shape index (κ2) is 5.99. The van der Waals surface area contributed by atoms with Crippen molar-refractivity contribution in [2.24, 2.45) is 5.92 Å². The maximum Gasteiger partial charge on any atom is 0.292 e. The van der Waals surface area contributed by atoms with Crippen molar-refractivity contribution in [3.05, 3.63) is 33.9 Å². The van der Waals surface area contributed by atoms with Gasteiger partial charge < -0.3 is 10.6 Å². The van der Waals surface area contributed by atoms with Crippen LogP contribution in [0.15, 0.2) is 18.2 Å². The maximum absolute atomic E-state index is 10.9. The van der Waals surface area contributed by atoms with Gasteiger partial charge in [0, 0.05) is 45.3 Å². The lowest BCUT2D eigenvalue weighted by atomic mass is 10.1. The third-order valence-corrected chi connectivity index (χ3v) is 4.44. The minimum Gasteiger partial charge on any atom is -0.393 e. The molecule has 2 N–H and O–H groups in total. The molecule has 1 saturated carbocycles. The molecule has 0 spiro atoms. The number of rotatable bonds is 5. The Labute approximate surface area is 124 Å². The Bertz CT molecular complexity index is 522. The van der Waals surface area contributed by atoms with Gasteiger partial charge in [-0.2, -0.15) is 0 Å². The second-order valence-electron chi connectivity index (χ2n) is 6.13. The topological polar surface area (TPSA) is 75.6 Å². The molecule has 2 aliphatic rings. The van der Waals surface area contributed by atoms with Crippen molar-refractivity contribution >= 4 is 11.4 Å². The molecule has 114 valence electrons. The average Bonchev–Trinajstić information content (AvgIpc) is 3.27. The van der Waals surface area contributed by atoms with Crippen molar-refractivity contribution in [2.75, 3.05) is 38.5 Å². The highest BCUT2D eigenvalue weighted by molar-refractivity contribution is 5.62. The van der Waals surface area contributed by atoms with Crippen LogP contribution in [0.1, 0.15) is 18.4 Å². The first-order chi connectivity index (χ1) is 10.1.